The lowest BCUT2D eigenvalue weighted by molar-refractivity contribution is 0.390. The summed E-state index contributed by atoms with van der Waals surface area (Å²) in [5.41, 5.74) is 0.843. The average Bonchev–Trinajstić information content (AvgIpc) is 2.98. The van der Waals surface area contributed by atoms with Crippen LogP contribution in [0.3, 0.4) is 0 Å². The van der Waals surface area contributed by atoms with Crippen molar-refractivity contribution in [3.63, 3.8) is 0 Å². The minimum Gasteiger partial charge on any atom is -0.356 e. The zero-order valence-electron chi connectivity index (χ0n) is 14.2. The summed E-state index contributed by atoms with van der Waals surface area (Å²) in [6.07, 6.45) is 3.46. The summed E-state index contributed by atoms with van der Waals surface area (Å²) >= 11 is 0. The third kappa shape index (κ3) is 2.31. The molecule has 1 unspecified atom stereocenters. The van der Waals surface area contributed by atoms with E-state index in [0.717, 1.165) is 16.9 Å². The quantitative estimate of drug-likeness (QED) is 0.880. The molecule has 2 fully saturated rings. The Morgan fingerprint density at radius 3 is 2.75 bits per heavy atom. The molecule has 1 aliphatic heterocycles. The molecule has 0 bridgehead atoms. The number of fused-ring (bicyclic) bond motifs is 2. The van der Waals surface area contributed by atoms with Gasteiger partial charge in [-0.2, -0.15) is 0 Å². The number of piperidine rings is 1. The monoisotopic (exact) mass is 349 g/mol. The number of anilines is 1. The Morgan fingerprint density at radius 2 is 2.08 bits per heavy atom. The second-order valence-corrected chi connectivity index (χ2v) is 9.17. The minimum atomic E-state index is -3.05. The van der Waals surface area contributed by atoms with E-state index < -0.39 is 10.0 Å². The largest absolute Gasteiger partial charge is 0.356 e. The minimum absolute atomic E-state index is 0.193. The van der Waals surface area contributed by atoms with Gasteiger partial charge < -0.3 is 9.88 Å². The normalized spacial score (nSPS) is 28.0. The smallest absolute Gasteiger partial charge is 0.213 e. The maximum Gasteiger partial charge on any atom is 0.213 e. The summed E-state index contributed by atoms with van der Waals surface area (Å²) in [5.74, 6) is 2.61. The molecular formula is C16H23N5O2S. The van der Waals surface area contributed by atoms with Crippen LogP contribution in [0.1, 0.15) is 13.8 Å². The Bertz CT molecular complexity index is 852. The number of sulfonamides is 1. The lowest BCUT2D eigenvalue weighted by Gasteiger charge is -2.29. The second-order valence-electron chi connectivity index (χ2n) is 6.91. The number of aromatic amines is 1. The number of rotatable bonds is 5. The Hall–Kier alpha value is -1.67. The van der Waals surface area contributed by atoms with Crippen LogP contribution in [0.5, 0.6) is 0 Å². The van der Waals surface area contributed by atoms with Crippen molar-refractivity contribution in [1.29, 1.82) is 0 Å². The van der Waals surface area contributed by atoms with E-state index in [1.807, 2.05) is 12.3 Å². The van der Waals surface area contributed by atoms with Gasteiger partial charge in [0.15, 0.2) is 0 Å². The molecule has 1 N–H and O–H groups in total. The maximum atomic E-state index is 12.0. The third-order valence-electron chi connectivity index (χ3n) is 5.82. The molecule has 2 aromatic heterocycles. The first kappa shape index (κ1) is 15.8. The van der Waals surface area contributed by atoms with Crippen LogP contribution in [-0.2, 0) is 10.0 Å². The summed E-state index contributed by atoms with van der Waals surface area (Å²) < 4.78 is 25.7. The summed E-state index contributed by atoms with van der Waals surface area (Å²) in [6.45, 7) is 5.27. The van der Waals surface area contributed by atoms with Gasteiger partial charge in [-0.25, -0.2) is 22.7 Å². The van der Waals surface area contributed by atoms with Gasteiger partial charge in [0.1, 0.15) is 17.8 Å². The molecule has 24 heavy (non-hydrogen) atoms. The topological polar surface area (TPSA) is 82.2 Å². The van der Waals surface area contributed by atoms with Gasteiger partial charge in [-0.05, 0) is 37.7 Å². The number of nitrogens with zero attached hydrogens (tertiary/aromatic N) is 4. The number of hydrogen-bond acceptors (Lipinski definition) is 5. The van der Waals surface area contributed by atoms with Crippen molar-refractivity contribution in [1.82, 2.24) is 19.3 Å². The van der Waals surface area contributed by atoms with Crippen LogP contribution >= 0.6 is 0 Å². The third-order valence-corrected chi connectivity index (χ3v) is 7.63. The first-order valence-electron chi connectivity index (χ1n) is 8.42. The molecule has 1 saturated carbocycles. The van der Waals surface area contributed by atoms with E-state index in [9.17, 15) is 8.42 Å². The predicted octanol–water partition coefficient (Wildman–Crippen LogP) is 1.31. The second kappa shape index (κ2) is 5.42. The zero-order chi connectivity index (χ0) is 17.1. The van der Waals surface area contributed by atoms with Crippen molar-refractivity contribution in [2.75, 3.05) is 30.8 Å². The van der Waals surface area contributed by atoms with E-state index in [1.165, 1.54) is 0 Å². The zero-order valence-corrected chi connectivity index (χ0v) is 15.0. The average molecular weight is 349 g/mol. The highest BCUT2D eigenvalue weighted by molar-refractivity contribution is 7.89. The van der Waals surface area contributed by atoms with Crippen LogP contribution in [0.2, 0.25) is 0 Å². The molecule has 7 nitrogen and oxygen atoms in total. The summed E-state index contributed by atoms with van der Waals surface area (Å²) in [5, 5.41) is 1.02. The fraction of sp³-hybridized carbons (Fsp3) is 0.625. The van der Waals surface area contributed by atoms with Gasteiger partial charge in [-0.15, -0.1) is 0 Å². The summed E-state index contributed by atoms with van der Waals surface area (Å²) in [7, 11) is -0.985. The fourth-order valence-electron chi connectivity index (χ4n) is 4.25. The van der Waals surface area contributed by atoms with E-state index in [1.54, 1.807) is 17.6 Å². The van der Waals surface area contributed by atoms with Gasteiger partial charge in [0, 0.05) is 32.4 Å². The van der Waals surface area contributed by atoms with Gasteiger partial charge in [0.2, 0.25) is 10.0 Å². The first-order valence-corrected chi connectivity index (χ1v) is 10.0. The Morgan fingerprint density at radius 1 is 1.38 bits per heavy atom. The van der Waals surface area contributed by atoms with E-state index in [-0.39, 0.29) is 5.75 Å². The van der Waals surface area contributed by atoms with Crippen LogP contribution in [-0.4, -0.2) is 59.6 Å². The van der Waals surface area contributed by atoms with Gasteiger partial charge in [0.05, 0.1) is 11.1 Å². The van der Waals surface area contributed by atoms with Crippen molar-refractivity contribution >= 4 is 26.9 Å². The molecule has 0 radical (unpaired) electrons. The molecule has 1 saturated heterocycles. The number of H-pyrrole nitrogens is 1. The fourth-order valence-corrected chi connectivity index (χ4v) is 5.41. The van der Waals surface area contributed by atoms with E-state index in [2.05, 4.69) is 33.8 Å². The molecule has 0 aromatic carbocycles. The highest BCUT2D eigenvalue weighted by Gasteiger charge is 2.60. The first-order chi connectivity index (χ1) is 11.4. The highest BCUT2D eigenvalue weighted by atomic mass is 32.2. The lowest BCUT2D eigenvalue weighted by atomic mass is 10.1. The molecule has 3 heterocycles. The molecule has 130 valence electrons. The van der Waals surface area contributed by atoms with Crippen LogP contribution < -0.4 is 4.90 Å². The van der Waals surface area contributed by atoms with Gasteiger partial charge in [0.25, 0.3) is 0 Å². The summed E-state index contributed by atoms with van der Waals surface area (Å²) in [4.78, 5) is 14.0. The number of aromatic nitrogens is 3. The highest BCUT2D eigenvalue weighted by Crippen LogP contribution is 2.55. The molecule has 0 amide bonds. The molecule has 0 spiro atoms. The molecule has 2 aliphatic rings. The summed E-state index contributed by atoms with van der Waals surface area (Å²) in [6, 6.07) is 2.32. The molecule has 1 aliphatic carbocycles. The van der Waals surface area contributed by atoms with Gasteiger partial charge in [-0.3, -0.25) is 0 Å². The van der Waals surface area contributed by atoms with Crippen molar-refractivity contribution in [3.05, 3.63) is 18.6 Å². The Kier molecular flexibility index (Phi) is 3.58. The van der Waals surface area contributed by atoms with Crippen LogP contribution in [0.15, 0.2) is 18.6 Å². The number of hydrogen-bond donors (Lipinski definition) is 1. The maximum absolute atomic E-state index is 12.0. The molecule has 2 aromatic rings. The molecular weight excluding hydrogens is 326 g/mol. The number of nitrogens with one attached hydrogen (secondary N) is 1. The molecule has 4 rings (SSSR count). The Balaban J connectivity index is 1.49. The van der Waals surface area contributed by atoms with Crippen molar-refractivity contribution in [2.45, 2.75) is 19.9 Å². The van der Waals surface area contributed by atoms with Crippen LogP contribution in [0.25, 0.3) is 11.0 Å². The standard InChI is InChI=1S/C16H23N5O2S/c1-4-24(22,23)21-7-12-13(8-21)14(12)10(2)20(3)16-11-5-6-17-15(11)18-9-19-16/h5-6,9-10,12-14H,4,7-8H2,1-3H3,(H,17,18,19)/t10-,12-,13+,14?/m1/s1. The van der Waals surface area contributed by atoms with Gasteiger partial charge >= 0.3 is 0 Å². The van der Waals surface area contributed by atoms with Crippen molar-refractivity contribution in [2.24, 2.45) is 17.8 Å². The molecule has 4 atom stereocenters. The van der Waals surface area contributed by atoms with Crippen molar-refractivity contribution in [3.8, 4) is 0 Å². The van der Waals surface area contributed by atoms with Crippen LogP contribution in [0, 0.1) is 17.8 Å². The SMILES string of the molecule is CCS(=O)(=O)N1C[C@@H]2C([C@@H](C)N(C)c3ncnc4[nH]ccc34)[C@@H]2C1. The van der Waals surface area contributed by atoms with E-state index in [0.29, 0.717) is 36.9 Å². The van der Waals surface area contributed by atoms with Crippen molar-refractivity contribution < 1.29 is 8.42 Å². The molecule has 8 heteroatoms. The van der Waals surface area contributed by atoms with Gasteiger partial charge in [-0.1, -0.05) is 0 Å². The van der Waals surface area contributed by atoms with E-state index >= 15 is 0 Å². The Labute approximate surface area is 142 Å². The van der Waals surface area contributed by atoms with Crippen LogP contribution in [0.4, 0.5) is 5.82 Å². The van der Waals surface area contributed by atoms with E-state index in [4.69, 9.17) is 0 Å². The lowest BCUT2D eigenvalue weighted by Crippen LogP contribution is -2.38. The predicted molar refractivity (Wildman–Crippen MR) is 93.3 cm³/mol.